The quantitative estimate of drug-likeness (QED) is 0.658. The second-order valence-corrected chi connectivity index (χ2v) is 5.81. The molecule has 0 saturated carbocycles. The second kappa shape index (κ2) is 6.99. The van der Waals surface area contributed by atoms with E-state index in [2.05, 4.69) is 4.74 Å². The average Bonchev–Trinajstić information content (AvgIpc) is 2.63. The fourth-order valence-corrected chi connectivity index (χ4v) is 2.54. The van der Waals surface area contributed by atoms with E-state index in [1.54, 1.807) is 48.5 Å². The minimum atomic E-state index is -0.958. The molecule has 1 aromatic heterocycles. The predicted octanol–water partition coefficient (Wildman–Crippen LogP) is 4.05. The van der Waals surface area contributed by atoms with E-state index in [0.717, 1.165) is 0 Å². The molecule has 0 aliphatic carbocycles. The van der Waals surface area contributed by atoms with Crippen LogP contribution in [-0.2, 0) is 9.53 Å². The van der Waals surface area contributed by atoms with Crippen molar-refractivity contribution in [1.29, 1.82) is 0 Å². The van der Waals surface area contributed by atoms with Crippen LogP contribution in [0.15, 0.2) is 57.7 Å². The minimum Gasteiger partial charge on any atom is -0.471 e. The smallest absolute Gasteiger partial charge is 0.346 e. The van der Waals surface area contributed by atoms with Gasteiger partial charge in [-0.2, -0.15) is 0 Å². The highest BCUT2D eigenvalue weighted by atomic mass is 35.5. The van der Waals surface area contributed by atoms with E-state index in [4.69, 9.17) is 20.8 Å². The lowest BCUT2D eigenvalue weighted by atomic mass is 10.1. The molecule has 5 nitrogen and oxygen atoms in total. The number of fused-ring (bicyclic) bond motifs is 1. The number of benzene rings is 2. The zero-order valence-electron chi connectivity index (χ0n) is 13.6. The van der Waals surface area contributed by atoms with Crippen molar-refractivity contribution in [3.63, 3.8) is 0 Å². The third-order valence-electron chi connectivity index (χ3n) is 3.69. The first kappa shape index (κ1) is 17.0. The van der Waals surface area contributed by atoms with Crippen LogP contribution >= 0.6 is 11.6 Å². The Morgan fingerprint density at radius 3 is 2.48 bits per heavy atom. The summed E-state index contributed by atoms with van der Waals surface area (Å²) in [5.41, 5.74) is 0.678. The Hall–Kier alpha value is -2.79. The van der Waals surface area contributed by atoms with Gasteiger partial charge in [-0.05, 0) is 43.3 Å². The van der Waals surface area contributed by atoms with E-state index in [1.807, 2.05) is 0 Å². The molecule has 25 heavy (non-hydrogen) atoms. The molecule has 128 valence electrons. The molecule has 0 fully saturated rings. The second-order valence-electron chi connectivity index (χ2n) is 5.38. The van der Waals surface area contributed by atoms with Crippen molar-refractivity contribution in [3.8, 4) is 17.1 Å². The lowest BCUT2D eigenvalue weighted by Crippen LogP contribution is -2.27. The van der Waals surface area contributed by atoms with Crippen molar-refractivity contribution in [1.82, 2.24) is 0 Å². The molecule has 0 radical (unpaired) electrons. The van der Waals surface area contributed by atoms with Crippen LogP contribution < -0.4 is 10.2 Å². The molecule has 2 aromatic carbocycles. The first-order valence-corrected chi connectivity index (χ1v) is 7.95. The van der Waals surface area contributed by atoms with E-state index in [1.165, 1.54) is 14.0 Å². The van der Waals surface area contributed by atoms with Gasteiger partial charge >= 0.3 is 5.97 Å². The summed E-state index contributed by atoms with van der Waals surface area (Å²) in [6, 6.07) is 13.6. The molecule has 1 heterocycles. The summed E-state index contributed by atoms with van der Waals surface area (Å²) in [6.07, 6.45) is -0.958. The maximum Gasteiger partial charge on any atom is 0.346 e. The van der Waals surface area contributed by atoms with Crippen molar-refractivity contribution in [2.45, 2.75) is 13.0 Å². The van der Waals surface area contributed by atoms with E-state index in [9.17, 15) is 9.59 Å². The summed E-state index contributed by atoms with van der Waals surface area (Å²) < 4.78 is 16.2. The zero-order chi connectivity index (χ0) is 18.0. The van der Waals surface area contributed by atoms with Crippen LogP contribution in [0.3, 0.4) is 0 Å². The molecule has 1 unspecified atom stereocenters. The van der Waals surface area contributed by atoms with Crippen LogP contribution in [0, 0.1) is 0 Å². The van der Waals surface area contributed by atoms with Gasteiger partial charge in [0, 0.05) is 10.6 Å². The maximum absolute atomic E-state index is 12.9. The van der Waals surface area contributed by atoms with E-state index < -0.39 is 12.1 Å². The fraction of sp³-hybridized carbons (Fsp3) is 0.158. The molecule has 1 atom stereocenters. The van der Waals surface area contributed by atoms with E-state index in [0.29, 0.717) is 21.6 Å². The minimum absolute atomic E-state index is 0.0427. The van der Waals surface area contributed by atoms with Crippen molar-refractivity contribution in [3.05, 3.63) is 63.8 Å². The Balaban J connectivity index is 2.22. The Morgan fingerprint density at radius 1 is 1.12 bits per heavy atom. The Morgan fingerprint density at radius 2 is 1.80 bits per heavy atom. The topological polar surface area (TPSA) is 65.7 Å². The van der Waals surface area contributed by atoms with Gasteiger partial charge in [0.05, 0.1) is 12.5 Å². The van der Waals surface area contributed by atoms with Crippen molar-refractivity contribution in [2.24, 2.45) is 0 Å². The van der Waals surface area contributed by atoms with Crippen LogP contribution in [0.4, 0.5) is 0 Å². The highest BCUT2D eigenvalue weighted by molar-refractivity contribution is 6.30. The van der Waals surface area contributed by atoms with Gasteiger partial charge in [0.25, 0.3) is 0 Å². The first-order chi connectivity index (χ1) is 12.0. The molecular formula is C19H15ClO5. The monoisotopic (exact) mass is 358 g/mol. The number of esters is 1. The normalized spacial score (nSPS) is 12.0. The molecule has 0 bridgehead atoms. The Bertz CT molecular complexity index is 975. The molecule has 0 saturated heterocycles. The van der Waals surface area contributed by atoms with Crippen LogP contribution in [0.2, 0.25) is 5.02 Å². The first-order valence-electron chi connectivity index (χ1n) is 7.57. The van der Waals surface area contributed by atoms with Crippen molar-refractivity contribution < 1.29 is 18.7 Å². The van der Waals surface area contributed by atoms with Gasteiger partial charge in [-0.3, -0.25) is 4.79 Å². The highest BCUT2D eigenvalue weighted by Gasteiger charge is 2.23. The largest absolute Gasteiger partial charge is 0.471 e. The average molecular weight is 359 g/mol. The van der Waals surface area contributed by atoms with Gasteiger partial charge in [-0.15, -0.1) is 0 Å². The number of para-hydroxylation sites is 1. The third-order valence-corrected chi connectivity index (χ3v) is 3.94. The Labute approximate surface area is 148 Å². The summed E-state index contributed by atoms with van der Waals surface area (Å²) in [5.74, 6) is -0.398. The van der Waals surface area contributed by atoms with Gasteiger partial charge in [-0.25, -0.2) is 4.79 Å². The van der Waals surface area contributed by atoms with E-state index >= 15 is 0 Å². The summed E-state index contributed by atoms with van der Waals surface area (Å²) in [6.45, 7) is 1.51. The lowest BCUT2D eigenvalue weighted by Gasteiger charge is -2.15. The van der Waals surface area contributed by atoms with Gasteiger partial charge in [0.15, 0.2) is 11.9 Å². The molecule has 0 amide bonds. The van der Waals surface area contributed by atoms with Gasteiger partial charge in [0.2, 0.25) is 11.2 Å². The molecule has 3 aromatic rings. The number of carbonyl (C=O) groups is 1. The fourth-order valence-electron chi connectivity index (χ4n) is 2.41. The maximum atomic E-state index is 12.9. The van der Waals surface area contributed by atoms with Crippen molar-refractivity contribution in [2.75, 3.05) is 7.11 Å². The number of halogens is 1. The van der Waals surface area contributed by atoms with Gasteiger partial charge in [0.1, 0.15) is 5.58 Å². The number of hydrogen-bond acceptors (Lipinski definition) is 5. The molecular weight excluding hydrogens is 344 g/mol. The predicted molar refractivity (Wildman–Crippen MR) is 95.0 cm³/mol. The number of carbonyl (C=O) groups excluding carboxylic acids is 1. The van der Waals surface area contributed by atoms with Gasteiger partial charge in [-0.1, -0.05) is 23.7 Å². The van der Waals surface area contributed by atoms with Crippen LogP contribution in [0.1, 0.15) is 6.92 Å². The zero-order valence-corrected chi connectivity index (χ0v) is 14.4. The summed E-state index contributed by atoms with van der Waals surface area (Å²) in [4.78, 5) is 24.6. The number of rotatable bonds is 4. The summed E-state index contributed by atoms with van der Waals surface area (Å²) in [5, 5.41) is 0.921. The lowest BCUT2D eigenvalue weighted by molar-refractivity contribution is -0.147. The van der Waals surface area contributed by atoms with Crippen molar-refractivity contribution >= 4 is 28.5 Å². The molecule has 0 aliphatic heterocycles. The molecule has 3 rings (SSSR count). The SMILES string of the molecule is COC(=O)C(C)Oc1c(-c2ccc(Cl)cc2)oc2ccccc2c1=O. The number of ether oxygens (including phenoxy) is 2. The molecule has 6 heteroatoms. The van der Waals surface area contributed by atoms with E-state index in [-0.39, 0.29) is 16.9 Å². The Kier molecular flexibility index (Phi) is 4.76. The highest BCUT2D eigenvalue weighted by Crippen LogP contribution is 2.32. The van der Waals surface area contributed by atoms with Crippen LogP contribution in [0.25, 0.3) is 22.3 Å². The van der Waals surface area contributed by atoms with Gasteiger partial charge < -0.3 is 13.9 Å². The third kappa shape index (κ3) is 3.37. The molecule has 0 spiro atoms. The van der Waals surface area contributed by atoms with Crippen LogP contribution in [-0.4, -0.2) is 19.2 Å². The van der Waals surface area contributed by atoms with Crippen LogP contribution in [0.5, 0.6) is 5.75 Å². The summed E-state index contributed by atoms with van der Waals surface area (Å²) in [7, 11) is 1.26. The number of methoxy groups -OCH3 is 1. The standard InChI is InChI=1S/C19H15ClO5/c1-11(19(22)23-2)24-18-16(21)14-5-3-4-6-15(14)25-17(18)12-7-9-13(20)10-8-12/h3-11H,1-2H3. The number of hydrogen-bond donors (Lipinski definition) is 0. The summed E-state index contributed by atoms with van der Waals surface area (Å²) >= 11 is 5.93. The molecule has 0 N–H and O–H groups in total. The molecule has 0 aliphatic rings.